The fourth-order valence-corrected chi connectivity index (χ4v) is 2.14. The molecule has 0 aromatic carbocycles. The number of carbonyl (C=O) groups excluding carboxylic acids is 1. The lowest BCUT2D eigenvalue weighted by atomic mass is 10.1. The van der Waals surface area contributed by atoms with Crippen molar-refractivity contribution < 1.29 is 9.53 Å². The Morgan fingerprint density at radius 1 is 1.59 bits per heavy atom. The number of ether oxygens (including phenoxy) is 1. The predicted molar refractivity (Wildman–Crippen MR) is 63.9 cm³/mol. The van der Waals surface area contributed by atoms with E-state index >= 15 is 0 Å². The van der Waals surface area contributed by atoms with E-state index in [1.165, 1.54) is 13.3 Å². The van der Waals surface area contributed by atoms with Gasteiger partial charge in [-0.2, -0.15) is 0 Å². The number of methoxy groups -OCH3 is 1. The molecule has 1 aliphatic rings. The second-order valence-electron chi connectivity index (χ2n) is 4.25. The van der Waals surface area contributed by atoms with E-state index < -0.39 is 0 Å². The first kappa shape index (κ1) is 11.9. The fourth-order valence-electron chi connectivity index (χ4n) is 2.14. The molecule has 17 heavy (non-hydrogen) atoms. The van der Waals surface area contributed by atoms with Gasteiger partial charge in [0.15, 0.2) is 0 Å². The summed E-state index contributed by atoms with van der Waals surface area (Å²) in [6.45, 7) is 0. The van der Waals surface area contributed by atoms with E-state index in [0.29, 0.717) is 11.3 Å². The van der Waals surface area contributed by atoms with Gasteiger partial charge in [0.2, 0.25) is 0 Å². The third-order valence-electron chi connectivity index (χ3n) is 3.13. The molecule has 2 atom stereocenters. The molecule has 1 heterocycles. The zero-order chi connectivity index (χ0) is 12.3. The number of carbonyl (C=O) groups is 1. The first-order valence-electron chi connectivity index (χ1n) is 5.77. The summed E-state index contributed by atoms with van der Waals surface area (Å²) < 4.78 is 5.10. The molecule has 0 spiro atoms. The van der Waals surface area contributed by atoms with Crippen LogP contribution in [0.3, 0.4) is 0 Å². The second-order valence-corrected chi connectivity index (χ2v) is 4.25. The third-order valence-corrected chi connectivity index (χ3v) is 3.13. The Labute approximate surface area is 100 Å². The van der Waals surface area contributed by atoms with Gasteiger partial charge in [0.05, 0.1) is 18.9 Å². The normalized spacial score (nSPS) is 23.4. The summed E-state index contributed by atoms with van der Waals surface area (Å²) >= 11 is 0. The molecule has 1 aromatic heterocycles. The number of amides is 1. The van der Waals surface area contributed by atoms with Crippen molar-refractivity contribution in [1.82, 2.24) is 10.3 Å². The van der Waals surface area contributed by atoms with Crippen molar-refractivity contribution in [1.29, 1.82) is 0 Å². The van der Waals surface area contributed by atoms with E-state index in [2.05, 4.69) is 10.3 Å². The molecule has 1 aliphatic carbocycles. The molecule has 0 aliphatic heterocycles. The van der Waals surface area contributed by atoms with Gasteiger partial charge >= 0.3 is 0 Å². The Kier molecular flexibility index (Phi) is 3.58. The monoisotopic (exact) mass is 235 g/mol. The van der Waals surface area contributed by atoms with Gasteiger partial charge in [-0.05, 0) is 25.3 Å². The molecule has 0 bridgehead atoms. The SMILES string of the molecule is COc1cnccc1C(=O)NC1CCCC1N. The van der Waals surface area contributed by atoms with Crippen LogP contribution in [-0.4, -0.2) is 30.1 Å². The van der Waals surface area contributed by atoms with Gasteiger partial charge in [0, 0.05) is 18.3 Å². The van der Waals surface area contributed by atoms with Crippen molar-refractivity contribution in [2.24, 2.45) is 5.73 Å². The molecular weight excluding hydrogens is 218 g/mol. The fraction of sp³-hybridized carbons (Fsp3) is 0.500. The van der Waals surface area contributed by atoms with Crippen LogP contribution in [0.1, 0.15) is 29.6 Å². The lowest BCUT2D eigenvalue weighted by Gasteiger charge is -2.17. The van der Waals surface area contributed by atoms with Crippen molar-refractivity contribution in [2.45, 2.75) is 31.3 Å². The largest absolute Gasteiger partial charge is 0.494 e. The molecule has 2 unspecified atom stereocenters. The number of hydrogen-bond acceptors (Lipinski definition) is 4. The number of nitrogens with one attached hydrogen (secondary N) is 1. The maximum atomic E-state index is 12.1. The standard InChI is InChI=1S/C12H17N3O2/c1-17-11-7-14-6-5-8(11)12(16)15-10-4-2-3-9(10)13/h5-7,9-10H,2-4,13H2,1H3,(H,15,16). The number of aromatic nitrogens is 1. The molecule has 0 radical (unpaired) electrons. The highest BCUT2D eigenvalue weighted by Gasteiger charge is 2.26. The summed E-state index contributed by atoms with van der Waals surface area (Å²) in [7, 11) is 1.52. The van der Waals surface area contributed by atoms with Crippen LogP contribution in [0, 0.1) is 0 Å². The minimum Gasteiger partial charge on any atom is -0.494 e. The van der Waals surface area contributed by atoms with Crippen LogP contribution >= 0.6 is 0 Å². The Bertz CT molecular complexity index is 408. The van der Waals surface area contributed by atoms with Gasteiger partial charge in [-0.15, -0.1) is 0 Å². The second kappa shape index (κ2) is 5.14. The number of pyridine rings is 1. The van der Waals surface area contributed by atoms with E-state index in [9.17, 15) is 4.79 Å². The quantitative estimate of drug-likeness (QED) is 0.808. The molecule has 1 aromatic rings. The van der Waals surface area contributed by atoms with Crippen molar-refractivity contribution >= 4 is 5.91 Å². The van der Waals surface area contributed by atoms with Gasteiger partial charge < -0.3 is 15.8 Å². The first-order chi connectivity index (χ1) is 8.22. The molecule has 3 N–H and O–H groups in total. The van der Waals surface area contributed by atoms with E-state index in [1.54, 1.807) is 12.3 Å². The molecule has 92 valence electrons. The van der Waals surface area contributed by atoms with Crippen molar-refractivity contribution in [2.75, 3.05) is 7.11 Å². The first-order valence-corrected chi connectivity index (χ1v) is 5.77. The molecule has 1 saturated carbocycles. The number of rotatable bonds is 3. The van der Waals surface area contributed by atoms with E-state index in [-0.39, 0.29) is 18.0 Å². The number of hydrogen-bond donors (Lipinski definition) is 2. The summed E-state index contributed by atoms with van der Waals surface area (Å²) in [5, 5.41) is 2.95. The predicted octanol–water partition coefficient (Wildman–Crippen LogP) is 0.700. The minimum atomic E-state index is -0.147. The summed E-state index contributed by atoms with van der Waals surface area (Å²) in [6.07, 6.45) is 6.09. The van der Waals surface area contributed by atoms with Crippen LogP contribution in [0.2, 0.25) is 0 Å². The van der Waals surface area contributed by atoms with Crippen LogP contribution in [0.25, 0.3) is 0 Å². The van der Waals surface area contributed by atoms with Crippen molar-refractivity contribution in [3.05, 3.63) is 24.0 Å². The van der Waals surface area contributed by atoms with E-state index in [1.807, 2.05) is 0 Å². The van der Waals surface area contributed by atoms with Crippen LogP contribution in [-0.2, 0) is 0 Å². The zero-order valence-corrected chi connectivity index (χ0v) is 9.85. The highest BCUT2D eigenvalue weighted by Crippen LogP contribution is 2.20. The molecule has 0 saturated heterocycles. The summed E-state index contributed by atoms with van der Waals surface area (Å²) in [5.74, 6) is 0.336. The Balaban J connectivity index is 2.09. The molecule has 5 heteroatoms. The van der Waals surface area contributed by atoms with Crippen molar-refractivity contribution in [3.8, 4) is 5.75 Å². The van der Waals surface area contributed by atoms with Gasteiger partial charge in [-0.25, -0.2) is 0 Å². The average molecular weight is 235 g/mol. The molecular formula is C12H17N3O2. The van der Waals surface area contributed by atoms with E-state index in [4.69, 9.17) is 10.5 Å². The third kappa shape index (κ3) is 2.55. The van der Waals surface area contributed by atoms with Crippen LogP contribution in [0.15, 0.2) is 18.5 Å². The highest BCUT2D eigenvalue weighted by molar-refractivity contribution is 5.96. The molecule has 2 rings (SSSR count). The average Bonchev–Trinajstić information content (AvgIpc) is 2.75. The van der Waals surface area contributed by atoms with Crippen LogP contribution in [0.5, 0.6) is 5.75 Å². The van der Waals surface area contributed by atoms with Gasteiger partial charge in [-0.3, -0.25) is 9.78 Å². The maximum Gasteiger partial charge on any atom is 0.255 e. The summed E-state index contributed by atoms with van der Waals surface area (Å²) in [4.78, 5) is 16.0. The summed E-state index contributed by atoms with van der Waals surface area (Å²) in [6, 6.07) is 1.78. The van der Waals surface area contributed by atoms with Gasteiger partial charge in [0.25, 0.3) is 5.91 Å². The summed E-state index contributed by atoms with van der Waals surface area (Å²) in [5.41, 5.74) is 6.42. The minimum absolute atomic E-state index is 0.0618. The Morgan fingerprint density at radius 3 is 3.06 bits per heavy atom. The Hall–Kier alpha value is -1.62. The lowest BCUT2D eigenvalue weighted by molar-refractivity contribution is 0.0931. The van der Waals surface area contributed by atoms with E-state index in [0.717, 1.165) is 19.3 Å². The highest BCUT2D eigenvalue weighted by atomic mass is 16.5. The molecule has 5 nitrogen and oxygen atoms in total. The zero-order valence-electron chi connectivity index (χ0n) is 9.85. The topological polar surface area (TPSA) is 77.2 Å². The van der Waals surface area contributed by atoms with Crippen LogP contribution in [0.4, 0.5) is 0 Å². The number of nitrogens with two attached hydrogens (primary N) is 1. The van der Waals surface area contributed by atoms with Crippen molar-refractivity contribution in [3.63, 3.8) is 0 Å². The number of nitrogens with zero attached hydrogens (tertiary/aromatic N) is 1. The van der Waals surface area contributed by atoms with Gasteiger partial charge in [0.1, 0.15) is 5.75 Å². The lowest BCUT2D eigenvalue weighted by Crippen LogP contribution is -2.44. The maximum absolute atomic E-state index is 12.1. The Morgan fingerprint density at radius 2 is 2.41 bits per heavy atom. The molecule has 1 amide bonds. The van der Waals surface area contributed by atoms with Crippen LogP contribution < -0.4 is 15.8 Å². The molecule has 1 fully saturated rings. The smallest absolute Gasteiger partial charge is 0.255 e. The van der Waals surface area contributed by atoms with Gasteiger partial charge in [-0.1, -0.05) is 0 Å².